The van der Waals surface area contributed by atoms with E-state index in [4.69, 9.17) is 5.11 Å². The summed E-state index contributed by atoms with van der Waals surface area (Å²) in [7, 11) is 2.10. The molecule has 1 atom stereocenters. The Bertz CT molecular complexity index is 636. The van der Waals surface area contributed by atoms with Crippen LogP contribution < -0.4 is 4.90 Å². The molecule has 24 heavy (non-hydrogen) atoms. The van der Waals surface area contributed by atoms with E-state index in [1.807, 2.05) is 6.92 Å². The summed E-state index contributed by atoms with van der Waals surface area (Å²) in [6.45, 7) is 4.80. The van der Waals surface area contributed by atoms with Crippen molar-refractivity contribution in [2.75, 3.05) is 44.7 Å². The average molecular weight is 353 g/mol. The maximum absolute atomic E-state index is 12.2. The van der Waals surface area contributed by atoms with E-state index in [0.29, 0.717) is 13.0 Å². The molecule has 0 aromatic carbocycles. The van der Waals surface area contributed by atoms with Crippen molar-refractivity contribution < 1.29 is 14.7 Å². The number of carboxylic acid groups (broad SMARTS) is 1. The van der Waals surface area contributed by atoms with Crippen molar-refractivity contribution in [3.05, 3.63) is 5.01 Å². The lowest BCUT2D eigenvalue weighted by atomic mass is 9.86. The molecule has 1 aromatic heterocycles. The molecule has 0 aliphatic carbocycles. The first-order valence-corrected chi connectivity index (χ1v) is 8.97. The van der Waals surface area contributed by atoms with E-state index in [1.165, 1.54) is 4.90 Å². The van der Waals surface area contributed by atoms with Crippen molar-refractivity contribution in [3.8, 4) is 0 Å². The Morgan fingerprint density at radius 3 is 2.75 bits per heavy atom. The molecule has 2 saturated heterocycles. The summed E-state index contributed by atoms with van der Waals surface area (Å²) in [6, 6.07) is 0. The molecule has 1 spiro atoms. The van der Waals surface area contributed by atoms with Crippen molar-refractivity contribution in [3.63, 3.8) is 0 Å². The maximum atomic E-state index is 12.2. The third-order valence-electron chi connectivity index (χ3n) is 5.12. The van der Waals surface area contributed by atoms with Gasteiger partial charge in [-0.2, -0.15) is 0 Å². The Kier molecular flexibility index (Phi) is 4.73. The van der Waals surface area contributed by atoms with Gasteiger partial charge in [0.1, 0.15) is 11.6 Å². The number of carboxylic acids is 1. The first-order valence-electron chi connectivity index (χ1n) is 8.15. The monoisotopic (exact) mass is 353 g/mol. The number of carbonyl (C=O) groups excluding carboxylic acids is 1. The number of likely N-dealkylation sites (tertiary alicyclic amines) is 1. The number of hydrogen-bond acceptors (Lipinski definition) is 7. The van der Waals surface area contributed by atoms with E-state index < -0.39 is 5.97 Å². The van der Waals surface area contributed by atoms with Crippen LogP contribution in [0.3, 0.4) is 0 Å². The quantitative estimate of drug-likeness (QED) is 0.843. The number of carbonyl (C=O) groups is 2. The average Bonchev–Trinajstić information content (AvgIpc) is 2.91. The van der Waals surface area contributed by atoms with Crippen LogP contribution in [0, 0.1) is 6.92 Å². The highest BCUT2D eigenvalue weighted by Crippen LogP contribution is 2.34. The lowest BCUT2D eigenvalue weighted by Crippen LogP contribution is -2.61. The molecular formula is C15H23N5O3S. The fourth-order valence-corrected chi connectivity index (χ4v) is 4.31. The minimum Gasteiger partial charge on any atom is -0.480 e. The summed E-state index contributed by atoms with van der Waals surface area (Å²) in [6.07, 6.45) is 1.91. The minimum absolute atomic E-state index is 0.0634. The Morgan fingerprint density at radius 2 is 2.08 bits per heavy atom. The Labute approximate surface area is 145 Å². The van der Waals surface area contributed by atoms with Gasteiger partial charge in [0.2, 0.25) is 11.0 Å². The highest BCUT2D eigenvalue weighted by atomic mass is 32.1. The Hall–Kier alpha value is -1.74. The molecule has 2 aliphatic rings. The van der Waals surface area contributed by atoms with Crippen molar-refractivity contribution >= 4 is 28.3 Å². The van der Waals surface area contributed by atoms with Gasteiger partial charge in [0.25, 0.3) is 0 Å². The molecule has 2 aliphatic heterocycles. The number of aryl methyl sites for hydroxylation is 1. The van der Waals surface area contributed by atoms with E-state index in [9.17, 15) is 9.59 Å². The van der Waals surface area contributed by atoms with Crippen LogP contribution in [0.1, 0.15) is 24.3 Å². The van der Waals surface area contributed by atoms with Gasteiger partial charge < -0.3 is 14.9 Å². The molecule has 9 heteroatoms. The fraction of sp³-hybridized carbons (Fsp3) is 0.733. The van der Waals surface area contributed by atoms with Crippen LogP contribution in [0.25, 0.3) is 0 Å². The number of rotatable bonds is 3. The van der Waals surface area contributed by atoms with Crippen LogP contribution in [-0.4, -0.2) is 82.3 Å². The second kappa shape index (κ2) is 6.64. The van der Waals surface area contributed by atoms with Gasteiger partial charge in [0.05, 0.1) is 0 Å². The van der Waals surface area contributed by atoms with Gasteiger partial charge in [0.15, 0.2) is 0 Å². The molecule has 2 fully saturated rings. The number of aromatic nitrogens is 2. The summed E-state index contributed by atoms with van der Waals surface area (Å²) in [5.41, 5.74) is -0.124. The molecule has 0 bridgehead atoms. The predicted molar refractivity (Wildman–Crippen MR) is 90.3 cm³/mol. The van der Waals surface area contributed by atoms with Gasteiger partial charge in [0, 0.05) is 38.1 Å². The second-order valence-corrected chi connectivity index (χ2v) is 7.79. The molecule has 0 saturated carbocycles. The zero-order valence-electron chi connectivity index (χ0n) is 14.1. The first kappa shape index (κ1) is 17.1. The van der Waals surface area contributed by atoms with Crippen LogP contribution in [-0.2, 0) is 9.59 Å². The largest absolute Gasteiger partial charge is 0.480 e. The summed E-state index contributed by atoms with van der Waals surface area (Å²) in [5, 5.41) is 19.2. The number of amides is 1. The van der Waals surface area contributed by atoms with Gasteiger partial charge in [-0.15, -0.1) is 10.2 Å². The zero-order chi connectivity index (χ0) is 17.3. The normalized spacial score (nSPS) is 26.0. The van der Waals surface area contributed by atoms with Crippen LogP contribution in [0.15, 0.2) is 0 Å². The topological polar surface area (TPSA) is 89.9 Å². The molecule has 1 amide bonds. The Balaban J connectivity index is 1.77. The van der Waals surface area contributed by atoms with Crippen molar-refractivity contribution in [1.29, 1.82) is 0 Å². The van der Waals surface area contributed by atoms with Crippen LogP contribution >= 0.6 is 11.3 Å². The van der Waals surface area contributed by atoms with Gasteiger partial charge in [-0.3, -0.25) is 14.5 Å². The highest BCUT2D eigenvalue weighted by Gasteiger charge is 2.43. The van der Waals surface area contributed by atoms with E-state index in [1.54, 1.807) is 11.3 Å². The van der Waals surface area contributed by atoms with Crippen molar-refractivity contribution in [1.82, 2.24) is 20.0 Å². The Morgan fingerprint density at radius 1 is 1.29 bits per heavy atom. The summed E-state index contributed by atoms with van der Waals surface area (Å²) in [4.78, 5) is 29.3. The summed E-state index contributed by atoms with van der Waals surface area (Å²) < 4.78 is 0. The molecule has 0 radical (unpaired) electrons. The van der Waals surface area contributed by atoms with E-state index >= 15 is 0 Å². The number of likely N-dealkylation sites (N-methyl/N-ethyl adjacent to an activating group) is 1. The van der Waals surface area contributed by atoms with E-state index in [0.717, 1.165) is 42.6 Å². The lowest BCUT2D eigenvalue weighted by molar-refractivity contribution is -0.144. The van der Waals surface area contributed by atoms with Crippen LogP contribution in [0.2, 0.25) is 0 Å². The predicted octanol–water partition coefficient (Wildman–Crippen LogP) is 0.434. The molecule has 8 nitrogen and oxygen atoms in total. The number of piperazine rings is 1. The molecule has 3 heterocycles. The third kappa shape index (κ3) is 3.36. The van der Waals surface area contributed by atoms with Gasteiger partial charge in [-0.25, -0.2) is 0 Å². The summed E-state index contributed by atoms with van der Waals surface area (Å²) >= 11 is 1.59. The van der Waals surface area contributed by atoms with Crippen LogP contribution in [0.4, 0.5) is 5.13 Å². The van der Waals surface area contributed by atoms with Gasteiger partial charge in [-0.05, 0) is 26.8 Å². The smallest absolute Gasteiger partial charge is 0.323 e. The zero-order valence-corrected chi connectivity index (χ0v) is 14.9. The number of aliphatic carboxylic acids is 1. The molecule has 1 aromatic rings. The van der Waals surface area contributed by atoms with Crippen molar-refractivity contribution in [2.45, 2.75) is 31.7 Å². The summed E-state index contributed by atoms with van der Waals surface area (Å²) in [5.74, 6) is -1.02. The molecule has 1 N–H and O–H groups in total. The van der Waals surface area contributed by atoms with Gasteiger partial charge in [-0.1, -0.05) is 11.3 Å². The van der Waals surface area contributed by atoms with E-state index in [2.05, 4.69) is 27.0 Å². The second-order valence-electron chi connectivity index (χ2n) is 6.63. The molecule has 132 valence electrons. The molecule has 0 unspecified atom stereocenters. The van der Waals surface area contributed by atoms with Crippen molar-refractivity contribution in [2.24, 2.45) is 0 Å². The van der Waals surface area contributed by atoms with Crippen LogP contribution in [0.5, 0.6) is 0 Å². The minimum atomic E-state index is -0.956. The number of hydrogen-bond donors (Lipinski definition) is 1. The first-order chi connectivity index (χ1) is 11.4. The maximum Gasteiger partial charge on any atom is 0.323 e. The van der Waals surface area contributed by atoms with Gasteiger partial charge >= 0.3 is 5.97 Å². The number of anilines is 1. The molecular weight excluding hydrogens is 330 g/mol. The standard InChI is InChI=1S/C15H23N5O3S/c1-11-16-17-14(24-11)20-8-7-18(2)15(10-20)4-3-12(21)19(6-5-15)9-13(22)23/h3-10H2,1-2H3,(H,22,23)/t15-/m0/s1. The lowest BCUT2D eigenvalue weighted by Gasteiger charge is -2.49. The fourth-order valence-electron chi connectivity index (χ4n) is 3.60. The highest BCUT2D eigenvalue weighted by molar-refractivity contribution is 7.15. The number of nitrogens with zero attached hydrogens (tertiary/aromatic N) is 5. The van der Waals surface area contributed by atoms with E-state index in [-0.39, 0.29) is 18.0 Å². The molecule has 3 rings (SSSR count). The SMILES string of the molecule is Cc1nnc(N2CCN(C)[C@]3(CCC(=O)N(CC(=O)O)CC3)C2)s1. The third-order valence-corrected chi connectivity index (χ3v) is 6.02.